The van der Waals surface area contributed by atoms with Gasteiger partial charge in [0.1, 0.15) is 5.76 Å². The Kier molecular flexibility index (Phi) is 2.46. The Morgan fingerprint density at radius 3 is 2.93 bits per heavy atom. The molecule has 1 aliphatic rings. The Balaban J connectivity index is 2.44. The summed E-state index contributed by atoms with van der Waals surface area (Å²) in [5.41, 5.74) is 7.74. The minimum absolute atomic E-state index is 0.285. The lowest BCUT2D eigenvalue weighted by Crippen LogP contribution is -1.93. The molecule has 0 bridgehead atoms. The molecule has 1 aliphatic heterocycles. The van der Waals surface area contributed by atoms with Crippen LogP contribution >= 0.6 is 0 Å². The molecular formula is C12H13NO2. The first-order valence-corrected chi connectivity index (χ1v) is 5.04. The summed E-state index contributed by atoms with van der Waals surface area (Å²) in [7, 11) is 0. The maximum absolute atomic E-state index is 11.4. The van der Waals surface area contributed by atoms with Gasteiger partial charge >= 0.3 is 5.97 Å². The van der Waals surface area contributed by atoms with Gasteiger partial charge in [-0.25, -0.2) is 4.79 Å². The van der Waals surface area contributed by atoms with Gasteiger partial charge in [-0.3, -0.25) is 0 Å². The van der Waals surface area contributed by atoms with Crippen molar-refractivity contribution in [3.05, 3.63) is 35.4 Å². The SMILES string of the molecule is CCC/C=C1\OC(=O)c2ccc(N)cc21. The molecule has 78 valence electrons. The number of esters is 1. The molecule has 3 nitrogen and oxygen atoms in total. The van der Waals surface area contributed by atoms with Crippen LogP contribution in [0.4, 0.5) is 5.69 Å². The van der Waals surface area contributed by atoms with Crippen LogP contribution < -0.4 is 5.73 Å². The fourth-order valence-electron chi connectivity index (χ4n) is 1.58. The molecule has 0 unspecified atom stereocenters. The summed E-state index contributed by atoms with van der Waals surface area (Å²) in [6.45, 7) is 2.08. The first-order valence-electron chi connectivity index (χ1n) is 5.04. The fourth-order valence-corrected chi connectivity index (χ4v) is 1.58. The smallest absolute Gasteiger partial charge is 0.344 e. The Hall–Kier alpha value is -1.77. The highest BCUT2D eigenvalue weighted by atomic mass is 16.5. The van der Waals surface area contributed by atoms with Gasteiger partial charge in [-0.15, -0.1) is 0 Å². The van der Waals surface area contributed by atoms with Crippen LogP contribution in [0.1, 0.15) is 35.7 Å². The molecule has 1 heterocycles. The maximum atomic E-state index is 11.4. The van der Waals surface area contributed by atoms with Crippen LogP contribution in [0.2, 0.25) is 0 Å². The zero-order chi connectivity index (χ0) is 10.8. The quantitative estimate of drug-likeness (QED) is 0.593. The highest BCUT2D eigenvalue weighted by molar-refractivity contribution is 6.03. The first-order chi connectivity index (χ1) is 7.22. The van der Waals surface area contributed by atoms with Crippen molar-refractivity contribution >= 4 is 17.4 Å². The predicted octanol–water partition coefficient (Wildman–Crippen LogP) is 2.58. The van der Waals surface area contributed by atoms with E-state index in [-0.39, 0.29) is 5.97 Å². The van der Waals surface area contributed by atoms with Gasteiger partial charge in [-0.2, -0.15) is 0 Å². The van der Waals surface area contributed by atoms with E-state index in [2.05, 4.69) is 6.92 Å². The number of hydrogen-bond donors (Lipinski definition) is 1. The third kappa shape index (κ3) is 1.73. The first kappa shape index (κ1) is 9.77. The average Bonchev–Trinajstić information content (AvgIpc) is 2.52. The number of hydrogen-bond acceptors (Lipinski definition) is 3. The summed E-state index contributed by atoms with van der Waals surface area (Å²) in [5.74, 6) is 0.358. The van der Waals surface area contributed by atoms with Crippen LogP contribution in [0.25, 0.3) is 5.76 Å². The summed E-state index contributed by atoms with van der Waals surface area (Å²) in [6.07, 6.45) is 3.86. The molecule has 0 spiro atoms. The molecule has 0 atom stereocenters. The highest BCUT2D eigenvalue weighted by Crippen LogP contribution is 2.31. The number of fused-ring (bicyclic) bond motifs is 1. The lowest BCUT2D eigenvalue weighted by molar-refractivity contribution is 0.0715. The lowest BCUT2D eigenvalue weighted by Gasteiger charge is -1.98. The summed E-state index contributed by atoms with van der Waals surface area (Å²) in [6, 6.07) is 5.20. The topological polar surface area (TPSA) is 52.3 Å². The van der Waals surface area contributed by atoms with E-state index in [1.165, 1.54) is 0 Å². The van der Waals surface area contributed by atoms with E-state index in [4.69, 9.17) is 10.5 Å². The number of cyclic esters (lactones) is 1. The van der Waals surface area contributed by atoms with Gasteiger partial charge in [-0.1, -0.05) is 13.3 Å². The highest BCUT2D eigenvalue weighted by Gasteiger charge is 2.25. The van der Waals surface area contributed by atoms with Crippen molar-refractivity contribution in [3.63, 3.8) is 0 Å². The summed E-state index contributed by atoms with van der Waals surface area (Å²) >= 11 is 0. The molecule has 0 amide bonds. The zero-order valence-electron chi connectivity index (χ0n) is 8.62. The summed E-state index contributed by atoms with van der Waals surface area (Å²) < 4.78 is 5.16. The number of anilines is 1. The van der Waals surface area contributed by atoms with Gasteiger partial charge in [0.05, 0.1) is 5.56 Å². The van der Waals surface area contributed by atoms with Crippen LogP contribution in [-0.2, 0) is 4.74 Å². The van der Waals surface area contributed by atoms with Crippen molar-refractivity contribution in [3.8, 4) is 0 Å². The van der Waals surface area contributed by atoms with Crippen LogP contribution in [0.5, 0.6) is 0 Å². The largest absolute Gasteiger partial charge is 0.423 e. The predicted molar refractivity (Wildman–Crippen MR) is 59.2 cm³/mol. The van der Waals surface area contributed by atoms with E-state index in [9.17, 15) is 4.79 Å². The molecule has 2 N–H and O–H groups in total. The molecule has 1 aromatic rings. The molecule has 2 rings (SSSR count). The number of unbranched alkanes of at least 4 members (excludes halogenated alkanes) is 1. The monoisotopic (exact) mass is 203 g/mol. The number of carbonyl (C=O) groups is 1. The normalized spacial score (nSPS) is 16.6. The number of allylic oxidation sites excluding steroid dienone is 1. The number of ether oxygens (including phenoxy) is 1. The second-order valence-electron chi connectivity index (χ2n) is 3.55. The van der Waals surface area contributed by atoms with E-state index in [0.29, 0.717) is 17.0 Å². The molecule has 0 aliphatic carbocycles. The van der Waals surface area contributed by atoms with E-state index >= 15 is 0 Å². The molecule has 0 fully saturated rings. The third-order valence-corrected chi connectivity index (χ3v) is 2.35. The molecule has 0 aromatic heterocycles. The second kappa shape index (κ2) is 3.77. The minimum Gasteiger partial charge on any atom is -0.423 e. The number of rotatable bonds is 2. The number of carbonyl (C=O) groups excluding carboxylic acids is 1. The van der Waals surface area contributed by atoms with Gasteiger partial charge in [0.25, 0.3) is 0 Å². The van der Waals surface area contributed by atoms with Crippen molar-refractivity contribution in [2.45, 2.75) is 19.8 Å². The van der Waals surface area contributed by atoms with Crippen molar-refractivity contribution in [1.29, 1.82) is 0 Å². The van der Waals surface area contributed by atoms with Crippen LogP contribution in [0, 0.1) is 0 Å². The van der Waals surface area contributed by atoms with E-state index in [1.54, 1.807) is 18.2 Å². The molecule has 15 heavy (non-hydrogen) atoms. The van der Waals surface area contributed by atoms with Gasteiger partial charge in [0, 0.05) is 11.3 Å². The van der Waals surface area contributed by atoms with Crippen LogP contribution in [0.15, 0.2) is 24.3 Å². The Morgan fingerprint density at radius 1 is 1.40 bits per heavy atom. The molecule has 0 radical (unpaired) electrons. The number of benzene rings is 1. The molecule has 0 saturated heterocycles. The Morgan fingerprint density at radius 2 is 2.20 bits per heavy atom. The summed E-state index contributed by atoms with van der Waals surface area (Å²) in [4.78, 5) is 11.4. The van der Waals surface area contributed by atoms with Gasteiger partial charge in [0.15, 0.2) is 0 Å². The fraction of sp³-hybridized carbons (Fsp3) is 0.250. The third-order valence-electron chi connectivity index (χ3n) is 2.35. The average molecular weight is 203 g/mol. The lowest BCUT2D eigenvalue weighted by atomic mass is 10.1. The number of nitrogen functional groups attached to an aromatic ring is 1. The van der Waals surface area contributed by atoms with Gasteiger partial charge in [-0.05, 0) is 30.7 Å². The Labute approximate surface area is 88.5 Å². The maximum Gasteiger partial charge on any atom is 0.344 e. The molecular weight excluding hydrogens is 190 g/mol. The molecule has 3 heteroatoms. The second-order valence-corrected chi connectivity index (χ2v) is 3.55. The molecule has 1 aromatic carbocycles. The summed E-state index contributed by atoms with van der Waals surface area (Å²) in [5, 5.41) is 0. The van der Waals surface area contributed by atoms with Crippen molar-refractivity contribution in [1.82, 2.24) is 0 Å². The molecule has 0 saturated carbocycles. The van der Waals surface area contributed by atoms with Crippen molar-refractivity contribution in [2.75, 3.05) is 5.73 Å². The van der Waals surface area contributed by atoms with Gasteiger partial charge < -0.3 is 10.5 Å². The van der Waals surface area contributed by atoms with Crippen molar-refractivity contribution < 1.29 is 9.53 Å². The standard InChI is InChI=1S/C12H13NO2/c1-2-3-4-11-10-7-8(13)5-6-9(10)12(14)15-11/h4-7H,2-3,13H2,1H3/b11-4-. The minimum atomic E-state index is -0.285. The van der Waals surface area contributed by atoms with E-state index < -0.39 is 0 Å². The van der Waals surface area contributed by atoms with E-state index in [1.807, 2.05) is 6.08 Å². The van der Waals surface area contributed by atoms with Crippen LogP contribution in [0.3, 0.4) is 0 Å². The van der Waals surface area contributed by atoms with Crippen LogP contribution in [-0.4, -0.2) is 5.97 Å². The van der Waals surface area contributed by atoms with Crippen molar-refractivity contribution in [2.24, 2.45) is 0 Å². The number of nitrogens with two attached hydrogens (primary N) is 1. The Bertz CT molecular complexity index is 435. The van der Waals surface area contributed by atoms with Gasteiger partial charge in [0.2, 0.25) is 0 Å². The zero-order valence-corrected chi connectivity index (χ0v) is 8.62. The van der Waals surface area contributed by atoms with E-state index in [0.717, 1.165) is 18.4 Å².